The molecular formula is C26H31N7. The highest BCUT2D eigenvalue weighted by Gasteiger charge is 2.29. The molecule has 0 amide bonds. The summed E-state index contributed by atoms with van der Waals surface area (Å²) < 4.78 is 0. The summed E-state index contributed by atoms with van der Waals surface area (Å²) in [6.45, 7) is 8.33. The molecule has 0 unspecified atom stereocenters. The fraction of sp³-hybridized carbons (Fsp3) is 0.423. The zero-order valence-corrected chi connectivity index (χ0v) is 19.4. The number of aromatic nitrogens is 2. The van der Waals surface area contributed by atoms with Gasteiger partial charge in [-0.1, -0.05) is 6.92 Å². The summed E-state index contributed by atoms with van der Waals surface area (Å²) in [6, 6.07) is 15.0. The summed E-state index contributed by atoms with van der Waals surface area (Å²) in [5.74, 6) is 1.56. The van der Waals surface area contributed by atoms with Gasteiger partial charge in [0.15, 0.2) is 0 Å². The minimum Gasteiger partial charge on any atom is -0.369 e. The number of rotatable bonds is 4. The summed E-state index contributed by atoms with van der Waals surface area (Å²) in [6.07, 6.45) is 4.90. The predicted molar refractivity (Wildman–Crippen MR) is 134 cm³/mol. The van der Waals surface area contributed by atoms with Crippen molar-refractivity contribution in [3.8, 4) is 6.07 Å². The molecule has 170 valence electrons. The van der Waals surface area contributed by atoms with Crippen LogP contribution in [0.4, 0.5) is 17.2 Å². The van der Waals surface area contributed by atoms with Crippen LogP contribution in [-0.2, 0) is 0 Å². The average Bonchev–Trinajstić information content (AvgIpc) is 2.88. The first-order chi connectivity index (χ1) is 16.1. The third kappa shape index (κ3) is 4.31. The number of nitrogens with one attached hydrogen (secondary N) is 1. The Labute approximate surface area is 195 Å². The highest BCUT2D eigenvalue weighted by molar-refractivity contribution is 5.95. The van der Waals surface area contributed by atoms with E-state index >= 15 is 0 Å². The van der Waals surface area contributed by atoms with Crippen molar-refractivity contribution in [2.75, 3.05) is 61.0 Å². The second kappa shape index (κ2) is 9.24. The highest BCUT2D eigenvalue weighted by atomic mass is 15.3. The highest BCUT2D eigenvalue weighted by Crippen LogP contribution is 2.33. The maximum Gasteiger partial charge on any atom is 0.128 e. The molecule has 1 N–H and O–H groups in total. The van der Waals surface area contributed by atoms with Gasteiger partial charge in [-0.25, -0.2) is 4.98 Å². The summed E-state index contributed by atoms with van der Waals surface area (Å²) in [5, 5.41) is 13.9. The lowest BCUT2D eigenvalue weighted by Crippen LogP contribution is -2.50. The van der Waals surface area contributed by atoms with Crippen molar-refractivity contribution in [1.82, 2.24) is 15.3 Å². The molecule has 4 heterocycles. The van der Waals surface area contributed by atoms with Crippen molar-refractivity contribution in [3.63, 3.8) is 0 Å². The van der Waals surface area contributed by atoms with E-state index in [4.69, 9.17) is 4.98 Å². The Bertz CT molecular complexity index is 1150. The standard InChI is InChI=1S/C26H31N7/c1-19-14-22(31(2)25-8-6-21(16-30-25)32-12-10-28-11-13-32)18-33(17-19)24-7-5-20(15-27)26-23(24)4-3-9-29-26/h3-9,16,19,22,28H,10-14,17-18H2,1-2H3/t19-,22+/m0/s1. The first-order valence-corrected chi connectivity index (χ1v) is 11.8. The third-order valence-electron chi connectivity index (χ3n) is 6.97. The summed E-state index contributed by atoms with van der Waals surface area (Å²) in [4.78, 5) is 16.5. The molecule has 2 aliphatic rings. The van der Waals surface area contributed by atoms with E-state index in [-0.39, 0.29) is 0 Å². The van der Waals surface area contributed by atoms with Crippen LogP contribution in [-0.4, -0.2) is 62.3 Å². The van der Waals surface area contributed by atoms with Crippen molar-refractivity contribution in [2.45, 2.75) is 19.4 Å². The second-order valence-electron chi connectivity index (χ2n) is 9.27. The van der Waals surface area contributed by atoms with E-state index in [1.807, 2.05) is 18.3 Å². The number of piperidine rings is 1. The molecule has 2 aromatic heterocycles. The normalized spacial score (nSPS) is 21.1. The second-order valence-corrected chi connectivity index (χ2v) is 9.27. The SMILES string of the molecule is C[C@H]1C[C@@H](N(C)c2ccc(N3CCNCC3)cn2)CN(c2ccc(C#N)c3ncccc23)C1. The number of pyridine rings is 2. The van der Waals surface area contributed by atoms with Crippen molar-refractivity contribution >= 4 is 28.1 Å². The lowest BCUT2D eigenvalue weighted by Gasteiger charge is -2.42. The quantitative estimate of drug-likeness (QED) is 0.666. The van der Waals surface area contributed by atoms with Crippen LogP contribution < -0.4 is 20.0 Å². The molecule has 0 radical (unpaired) electrons. The van der Waals surface area contributed by atoms with Crippen LogP contribution in [0, 0.1) is 17.2 Å². The lowest BCUT2D eigenvalue weighted by atomic mass is 9.93. The molecule has 7 heteroatoms. The fourth-order valence-corrected chi connectivity index (χ4v) is 5.20. The van der Waals surface area contributed by atoms with Gasteiger partial charge in [-0.3, -0.25) is 4.98 Å². The van der Waals surface area contributed by atoms with Crippen molar-refractivity contribution in [2.24, 2.45) is 5.92 Å². The Kier molecular flexibility index (Phi) is 6.01. The maximum absolute atomic E-state index is 9.50. The van der Waals surface area contributed by atoms with Crippen LogP contribution in [0.1, 0.15) is 18.9 Å². The molecule has 0 spiro atoms. The van der Waals surface area contributed by atoms with E-state index in [2.05, 4.69) is 69.3 Å². The Morgan fingerprint density at radius 1 is 1.06 bits per heavy atom. The van der Waals surface area contributed by atoms with Gasteiger partial charge in [-0.05, 0) is 48.7 Å². The zero-order chi connectivity index (χ0) is 22.8. The molecule has 5 rings (SSSR count). The summed E-state index contributed by atoms with van der Waals surface area (Å²) >= 11 is 0. The number of fused-ring (bicyclic) bond motifs is 1. The number of anilines is 3. The van der Waals surface area contributed by atoms with Crippen LogP contribution in [0.3, 0.4) is 0 Å². The molecule has 2 fully saturated rings. The van der Waals surface area contributed by atoms with Gasteiger partial charge in [0.2, 0.25) is 0 Å². The molecule has 2 atom stereocenters. The Morgan fingerprint density at radius 2 is 1.91 bits per heavy atom. The predicted octanol–water partition coefficient (Wildman–Crippen LogP) is 3.26. The van der Waals surface area contributed by atoms with Gasteiger partial charge in [0.25, 0.3) is 0 Å². The van der Waals surface area contributed by atoms with Crippen molar-refractivity contribution in [1.29, 1.82) is 5.26 Å². The molecular weight excluding hydrogens is 410 g/mol. The smallest absolute Gasteiger partial charge is 0.128 e. The number of nitriles is 1. The number of hydrogen-bond donors (Lipinski definition) is 1. The molecule has 33 heavy (non-hydrogen) atoms. The largest absolute Gasteiger partial charge is 0.369 e. The Morgan fingerprint density at radius 3 is 2.67 bits per heavy atom. The monoisotopic (exact) mass is 441 g/mol. The lowest BCUT2D eigenvalue weighted by molar-refractivity contribution is 0.391. The van der Waals surface area contributed by atoms with E-state index in [0.717, 1.165) is 68.1 Å². The van der Waals surface area contributed by atoms with Crippen LogP contribution in [0.15, 0.2) is 48.8 Å². The first kappa shape index (κ1) is 21.5. The van der Waals surface area contributed by atoms with Crippen molar-refractivity contribution < 1.29 is 0 Å². The molecule has 3 aromatic rings. The van der Waals surface area contributed by atoms with E-state index in [1.54, 1.807) is 6.20 Å². The van der Waals surface area contributed by atoms with Crippen molar-refractivity contribution in [3.05, 3.63) is 54.4 Å². The number of nitrogens with zero attached hydrogens (tertiary/aromatic N) is 6. The van der Waals surface area contributed by atoms with E-state index < -0.39 is 0 Å². The Balaban J connectivity index is 1.37. The first-order valence-electron chi connectivity index (χ1n) is 11.8. The summed E-state index contributed by atoms with van der Waals surface area (Å²) in [7, 11) is 2.16. The molecule has 2 saturated heterocycles. The van der Waals surface area contributed by atoms with Gasteiger partial charge in [0, 0.05) is 69.6 Å². The minimum atomic E-state index is 0.355. The number of hydrogen-bond acceptors (Lipinski definition) is 7. The number of piperazine rings is 1. The Hall–Kier alpha value is -3.37. The molecule has 2 aliphatic heterocycles. The molecule has 0 bridgehead atoms. The van der Waals surface area contributed by atoms with Gasteiger partial charge >= 0.3 is 0 Å². The van der Waals surface area contributed by atoms with E-state index in [1.165, 1.54) is 5.69 Å². The van der Waals surface area contributed by atoms with Gasteiger partial charge in [0.05, 0.1) is 23.0 Å². The topological polar surface area (TPSA) is 71.3 Å². The summed E-state index contributed by atoms with van der Waals surface area (Å²) in [5.41, 5.74) is 3.76. The third-order valence-corrected chi connectivity index (χ3v) is 6.97. The van der Waals surface area contributed by atoms with Crippen LogP contribution >= 0.6 is 0 Å². The molecule has 0 aliphatic carbocycles. The zero-order valence-electron chi connectivity index (χ0n) is 19.4. The number of benzene rings is 1. The average molecular weight is 442 g/mol. The molecule has 0 saturated carbocycles. The van der Waals surface area contributed by atoms with Crippen LogP contribution in [0.5, 0.6) is 0 Å². The number of likely N-dealkylation sites (N-methyl/N-ethyl adjacent to an activating group) is 1. The molecule has 1 aromatic carbocycles. The maximum atomic E-state index is 9.50. The van der Waals surface area contributed by atoms with Gasteiger partial charge in [0.1, 0.15) is 11.9 Å². The van der Waals surface area contributed by atoms with Gasteiger partial charge < -0.3 is 20.0 Å². The van der Waals surface area contributed by atoms with Gasteiger partial charge in [-0.15, -0.1) is 0 Å². The van der Waals surface area contributed by atoms with E-state index in [0.29, 0.717) is 17.5 Å². The molecule has 7 nitrogen and oxygen atoms in total. The van der Waals surface area contributed by atoms with Crippen LogP contribution in [0.25, 0.3) is 10.9 Å². The fourth-order valence-electron chi connectivity index (χ4n) is 5.20. The minimum absolute atomic E-state index is 0.355. The van der Waals surface area contributed by atoms with Crippen LogP contribution in [0.2, 0.25) is 0 Å². The van der Waals surface area contributed by atoms with E-state index in [9.17, 15) is 5.26 Å². The van der Waals surface area contributed by atoms with Gasteiger partial charge in [-0.2, -0.15) is 5.26 Å².